The molecule has 1 aromatic heterocycles. The van der Waals surface area contributed by atoms with Crippen molar-refractivity contribution in [3.63, 3.8) is 0 Å². The van der Waals surface area contributed by atoms with E-state index in [-0.39, 0.29) is 24.0 Å². The zero-order chi connectivity index (χ0) is 21.8. The Balaban J connectivity index is 1.24. The van der Waals surface area contributed by atoms with Crippen molar-refractivity contribution in [2.75, 3.05) is 31.1 Å². The van der Waals surface area contributed by atoms with Crippen molar-refractivity contribution < 1.29 is 23.0 Å². The second-order valence-corrected chi connectivity index (χ2v) is 9.10. The first-order chi connectivity index (χ1) is 14.7. The number of hydrogen-bond acceptors (Lipinski definition) is 5. The van der Waals surface area contributed by atoms with Crippen LogP contribution in [-0.4, -0.2) is 58.9 Å². The lowest BCUT2D eigenvalue weighted by atomic mass is 9.86. The number of nitrogens with zero attached hydrogens (tertiary/aromatic N) is 3. The van der Waals surface area contributed by atoms with Crippen molar-refractivity contribution in [2.45, 2.75) is 43.2 Å². The molecule has 2 fully saturated rings. The Kier molecular flexibility index (Phi) is 5.07. The van der Waals surface area contributed by atoms with Crippen molar-refractivity contribution in [2.24, 2.45) is 0 Å². The lowest BCUT2D eigenvalue weighted by molar-refractivity contribution is -0.141. The molecule has 0 radical (unpaired) electrons. The van der Waals surface area contributed by atoms with Gasteiger partial charge < -0.3 is 14.7 Å². The summed E-state index contributed by atoms with van der Waals surface area (Å²) in [6.45, 7) is 2.22. The van der Waals surface area contributed by atoms with E-state index in [0.29, 0.717) is 11.6 Å². The highest BCUT2D eigenvalue weighted by Gasteiger charge is 2.45. The summed E-state index contributed by atoms with van der Waals surface area (Å²) in [7, 11) is 0. The minimum atomic E-state index is -4.49. The van der Waals surface area contributed by atoms with Crippen LogP contribution >= 0.6 is 11.6 Å². The molecule has 0 saturated carbocycles. The van der Waals surface area contributed by atoms with Crippen molar-refractivity contribution in [3.05, 3.63) is 52.7 Å². The molecule has 0 bridgehead atoms. The van der Waals surface area contributed by atoms with Crippen molar-refractivity contribution in [1.29, 1.82) is 0 Å². The van der Waals surface area contributed by atoms with Crippen LogP contribution in [0.3, 0.4) is 0 Å². The number of fused-ring (bicyclic) bond motifs is 1. The van der Waals surface area contributed by atoms with Gasteiger partial charge in [0.05, 0.1) is 12.1 Å². The molecule has 4 heterocycles. The lowest BCUT2D eigenvalue weighted by Gasteiger charge is -2.41. The number of likely N-dealkylation sites (tertiary alicyclic amines) is 1. The zero-order valence-electron chi connectivity index (χ0n) is 16.8. The third-order valence-corrected chi connectivity index (χ3v) is 6.88. The Bertz CT molecular complexity index is 979. The molecule has 2 atom stereocenters. The SMILES string of the molecule is O[C@@H]1CN(c2cccc(C(F)(F)F)n2)CC1N1CCC2(CC1)Cc1cc(Cl)ccc1O2. The van der Waals surface area contributed by atoms with Crippen molar-refractivity contribution in [1.82, 2.24) is 9.88 Å². The third kappa shape index (κ3) is 3.97. The number of alkyl halides is 3. The molecule has 31 heavy (non-hydrogen) atoms. The van der Waals surface area contributed by atoms with Crippen LogP contribution in [0.1, 0.15) is 24.1 Å². The highest BCUT2D eigenvalue weighted by molar-refractivity contribution is 6.30. The summed E-state index contributed by atoms with van der Waals surface area (Å²) in [5.74, 6) is 1.14. The van der Waals surface area contributed by atoms with Crippen LogP contribution in [0.5, 0.6) is 5.75 Å². The first-order valence-electron chi connectivity index (χ1n) is 10.4. The number of rotatable bonds is 2. The van der Waals surface area contributed by atoms with Gasteiger partial charge in [-0.15, -0.1) is 0 Å². The maximum Gasteiger partial charge on any atom is 0.433 e. The van der Waals surface area contributed by atoms with Crippen LogP contribution in [0.2, 0.25) is 5.02 Å². The van der Waals surface area contributed by atoms with Gasteiger partial charge in [-0.3, -0.25) is 4.90 Å². The molecule has 5 rings (SSSR count). The van der Waals surface area contributed by atoms with E-state index in [1.165, 1.54) is 6.07 Å². The van der Waals surface area contributed by atoms with Gasteiger partial charge in [0.15, 0.2) is 0 Å². The van der Waals surface area contributed by atoms with Gasteiger partial charge in [0.25, 0.3) is 0 Å². The predicted molar refractivity (Wildman–Crippen MR) is 111 cm³/mol. The van der Waals surface area contributed by atoms with Crippen LogP contribution in [-0.2, 0) is 12.6 Å². The molecule has 2 saturated heterocycles. The molecule has 0 amide bonds. The van der Waals surface area contributed by atoms with Crippen molar-refractivity contribution >= 4 is 17.4 Å². The molecule has 9 heteroatoms. The topological polar surface area (TPSA) is 48.8 Å². The molecule has 1 unspecified atom stereocenters. The number of aliphatic hydroxyl groups is 1. The van der Waals surface area contributed by atoms with Gasteiger partial charge >= 0.3 is 6.18 Å². The normalized spacial score (nSPS) is 25.6. The van der Waals surface area contributed by atoms with Gasteiger partial charge in [0.1, 0.15) is 22.9 Å². The summed E-state index contributed by atoms with van der Waals surface area (Å²) in [6.07, 6.45) is -2.66. The van der Waals surface area contributed by atoms with E-state index < -0.39 is 18.0 Å². The molecule has 1 spiro atoms. The number of hydrogen-bond donors (Lipinski definition) is 1. The van der Waals surface area contributed by atoms with Crippen molar-refractivity contribution in [3.8, 4) is 5.75 Å². The number of piperidine rings is 1. The molecule has 3 aliphatic heterocycles. The number of β-amino-alcohol motifs (C(OH)–C–C–N with tert-alkyl or cyclic N) is 1. The first-order valence-corrected chi connectivity index (χ1v) is 10.8. The van der Waals surface area contributed by atoms with E-state index in [4.69, 9.17) is 16.3 Å². The minimum absolute atomic E-state index is 0.146. The van der Waals surface area contributed by atoms with Gasteiger partial charge in [-0.05, 0) is 35.9 Å². The highest BCUT2D eigenvalue weighted by atomic mass is 35.5. The van der Waals surface area contributed by atoms with E-state index in [9.17, 15) is 18.3 Å². The summed E-state index contributed by atoms with van der Waals surface area (Å²) in [5, 5.41) is 11.4. The predicted octanol–water partition coefficient (Wildman–Crippen LogP) is 3.77. The molecule has 1 N–H and O–H groups in total. The smallest absolute Gasteiger partial charge is 0.433 e. The minimum Gasteiger partial charge on any atom is -0.487 e. The molecule has 2 aromatic rings. The standard InChI is InChI=1S/C22H23ClF3N3O2/c23-15-4-5-18-14(10-15)11-21(31-18)6-8-28(9-7-21)16-12-29(13-17(16)30)20-3-1-2-19(27-20)22(24,25)26/h1-5,10,16-17,30H,6-9,11-13H2/t16?,17-/m1/s1. The summed E-state index contributed by atoms with van der Waals surface area (Å²) in [6, 6.07) is 9.44. The van der Waals surface area contributed by atoms with E-state index in [1.54, 1.807) is 11.0 Å². The summed E-state index contributed by atoms with van der Waals surface area (Å²) in [4.78, 5) is 7.73. The molecular formula is C22H23ClF3N3O2. The number of aliphatic hydroxyl groups excluding tert-OH is 1. The maximum absolute atomic E-state index is 13.0. The Hall–Kier alpha value is -2.03. The number of pyridine rings is 1. The molecular weight excluding hydrogens is 431 g/mol. The van der Waals surface area contributed by atoms with E-state index in [1.807, 2.05) is 18.2 Å². The Morgan fingerprint density at radius 1 is 1.13 bits per heavy atom. The average molecular weight is 454 g/mol. The fourth-order valence-electron chi connectivity index (χ4n) is 5.02. The van der Waals surface area contributed by atoms with Gasteiger partial charge in [0.2, 0.25) is 0 Å². The summed E-state index contributed by atoms with van der Waals surface area (Å²) in [5.41, 5.74) is -0.0282. The maximum atomic E-state index is 13.0. The number of anilines is 1. The Labute approximate surface area is 183 Å². The van der Waals surface area contributed by atoms with Crippen LogP contribution in [0, 0.1) is 0 Å². The second kappa shape index (κ2) is 7.53. The number of aromatic nitrogens is 1. The second-order valence-electron chi connectivity index (χ2n) is 8.67. The molecule has 3 aliphatic rings. The van der Waals surface area contributed by atoms with E-state index in [0.717, 1.165) is 49.7 Å². The average Bonchev–Trinajstić information content (AvgIpc) is 3.28. The first kappa shape index (κ1) is 20.8. The van der Waals surface area contributed by atoms with Gasteiger partial charge in [0, 0.05) is 50.5 Å². The quantitative estimate of drug-likeness (QED) is 0.750. The number of ether oxygens (including phenoxy) is 1. The fourth-order valence-corrected chi connectivity index (χ4v) is 5.21. The molecule has 1 aromatic carbocycles. The van der Waals surface area contributed by atoms with Crippen LogP contribution in [0.15, 0.2) is 36.4 Å². The Morgan fingerprint density at radius 3 is 2.65 bits per heavy atom. The van der Waals surface area contributed by atoms with Gasteiger partial charge in [-0.25, -0.2) is 4.98 Å². The summed E-state index contributed by atoms with van der Waals surface area (Å²) >= 11 is 6.11. The van der Waals surface area contributed by atoms with Gasteiger partial charge in [-0.1, -0.05) is 17.7 Å². The monoisotopic (exact) mass is 453 g/mol. The van der Waals surface area contributed by atoms with Crippen LogP contribution in [0.25, 0.3) is 0 Å². The molecule has 0 aliphatic carbocycles. The fraction of sp³-hybridized carbons (Fsp3) is 0.500. The van der Waals surface area contributed by atoms with E-state index in [2.05, 4.69) is 9.88 Å². The largest absolute Gasteiger partial charge is 0.487 e. The third-order valence-electron chi connectivity index (χ3n) is 6.65. The highest BCUT2D eigenvalue weighted by Crippen LogP contribution is 2.42. The molecule has 5 nitrogen and oxygen atoms in total. The van der Waals surface area contributed by atoms with E-state index >= 15 is 0 Å². The molecule has 166 valence electrons. The van der Waals surface area contributed by atoms with Crippen LogP contribution in [0.4, 0.5) is 19.0 Å². The zero-order valence-corrected chi connectivity index (χ0v) is 17.5. The van der Waals surface area contributed by atoms with Crippen LogP contribution < -0.4 is 9.64 Å². The number of halogens is 4. The number of benzene rings is 1. The lowest BCUT2D eigenvalue weighted by Crippen LogP contribution is -2.53. The Morgan fingerprint density at radius 2 is 1.90 bits per heavy atom. The summed E-state index contributed by atoms with van der Waals surface area (Å²) < 4.78 is 45.3. The van der Waals surface area contributed by atoms with Gasteiger partial charge in [-0.2, -0.15) is 13.2 Å².